The molecule has 5 nitrogen and oxygen atoms in total. The highest BCUT2D eigenvalue weighted by Gasteiger charge is 2.26. The normalized spacial score (nSPS) is 18.7. The van der Waals surface area contributed by atoms with Crippen LogP contribution in [0, 0.1) is 0 Å². The van der Waals surface area contributed by atoms with Gasteiger partial charge in [0.1, 0.15) is 11.5 Å². The first-order valence-electron chi connectivity index (χ1n) is 7.82. The summed E-state index contributed by atoms with van der Waals surface area (Å²) in [6.07, 6.45) is 1.04. The first kappa shape index (κ1) is 16.8. The summed E-state index contributed by atoms with van der Waals surface area (Å²) >= 11 is 0. The SMILES string of the molecule is COc1cc(S(=O)(=O)c2ccc(O)cc2)ccc1[C@@H]1CCN(C)C1. The van der Waals surface area contributed by atoms with Crippen LogP contribution in [-0.4, -0.2) is 45.7 Å². The summed E-state index contributed by atoms with van der Waals surface area (Å²) in [6, 6.07) is 10.6. The van der Waals surface area contributed by atoms with Gasteiger partial charge < -0.3 is 14.7 Å². The van der Waals surface area contributed by atoms with Crippen LogP contribution in [-0.2, 0) is 9.84 Å². The van der Waals surface area contributed by atoms with Crippen LogP contribution in [0.5, 0.6) is 11.5 Å². The van der Waals surface area contributed by atoms with Gasteiger partial charge in [-0.2, -0.15) is 0 Å². The van der Waals surface area contributed by atoms with Crippen molar-refractivity contribution >= 4 is 9.84 Å². The quantitative estimate of drug-likeness (QED) is 0.921. The summed E-state index contributed by atoms with van der Waals surface area (Å²) in [7, 11) is 0.00252. The summed E-state index contributed by atoms with van der Waals surface area (Å²) in [6.45, 7) is 1.97. The van der Waals surface area contributed by atoms with Gasteiger partial charge in [-0.3, -0.25) is 0 Å². The summed E-state index contributed by atoms with van der Waals surface area (Å²) in [4.78, 5) is 2.60. The molecular formula is C18H21NO4S. The van der Waals surface area contributed by atoms with E-state index in [2.05, 4.69) is 11.9 Å². The van der Waals surface area contributed by atoms with Gasteiger partial charge in [0.05, 0.1) is 16.9 Å². The summed E-state index contributed by atoms with van der Waals surface area (Å²) in [5.41, 5.74) is 1.05. The van der Waals surface area contributed by atoms with Gasteiger partial charge in [-0.1, -0.05) is 6.07 Å². The average Bonchev–Trinajstić information content (AvgIpc) is 3.01. The Bertz CT molecular complexity index is 831. The molecule has 6 heteroatoms. The third kappa shape index (κ3) is 3.12. The standard InChI is InChI=1S/C18H21NO4S/c1-19-10-9-13(12-19)17-8-7-16(11-18(17)23-2)24(21,22)15-5-3-14(20)4-6-15/h3-8,11,13,20H,9-10,12H2,1-2H3/t13-/m1/s1. The second kappa shape index (κ2) is 6.45. The van der Waals surface area contributed by atoms with Crippen molar-refractivity contribution in [2.75, 3.05) is 27.2 Å². The number of hydrogen-bond donors (Lipinski definition) is 1. The van der Waals surface area contributed by atoms with E-state index in [0.717, 1.165) is 25.1 Å². The lowest BCUT2D eigenvalue weighted by molar-refractivity contribution is 0.394. The molecular weight excluding hydrogens is 326 g/mol. The zero-order valence-electron chi connectivity index (χ0n) is 13.8. The van der Waals surface area contributed by atoms with Crippen LogP contribution in [0.25, 0.3) is 0 Å². The Morgan fingerprint density at radius 1 is 1.12 bits per heavy atom. The van der Waals surface area contributed by atoms with Crippen LogP contribution in [0.4, 0.5) is 0 Å². The number of nitrogens with zero attached hydrogens (tertiary/aromatic N) is 1. The Labute approximate surface area is 142 Å². The Hall–Kier alpha value is -2.05. The predicted molar refractivity (Wildman–Crippen MR) is 91.4 cm³/mol. The third-order valence-electron chi connectivity index (χ3n) is 4.49. The number of ether oxygens (including phenoxy) is 1. The molecule has 1 N–H and O–H groups in total. The maximum absolute atomic E-state index is 12.8. The molecule has 0 amide bonds. The molecule has 0 bridgehead atoms. The molecule has 1 heterocycles. The minimum absolute atomic E-state index is 0.0345. The fraction of sp³-hybridized carbons (Fsp3) is 0.333. The lowest BCUT2D eigenvalue weighted by atomic mass is 9.97. The number of aromatic hydroxyl groups is 1. The van der Waals surface area contributed by atoms with Crippen LogP contribution in [0.3, 0.4) is 0 Å². The number of sulfone groups is 1. The summed E-state index contributed by atoms with van der Waals surface area (Å²) in [5, 5.41) is 9.34. The zero-order valence-corrected chi connectivity index (χ0v) is 14.6. The lowest BCUT2D eigenvalue weighted by Crippen LogP contribution is -2.13. The van der Waals surface area contributed by atoms with Crippen molar-refractivity contribution in [3.8, 4) is 11.5 Å². The predicted octanol–water partition coefficient (Wildman–Crippen LogP) is 2.65. The van der Waals surface area contributed by atoms with Gasteiger partial charge >= 0.3 is 0 Å². The van der Waals surface area contributed by atoms with Gasteiger partial charge in [0.2, 0.25) is 9.84 Å². The highest BCUT2D eigenvalue weighted by molar-refractivity contribution is 7.91. The summed E-state index contributed by atoms with van der Waals surface area (Å²) in [5.74, 6) is 0.998. The van der Waals surface area contributed by atoms with Crippen molar-refractivity contribution in [3.63, 3.8) is 0 Å². The van der Waals surface area contributed by atoms with Crippen LogP contribution in [0.1, 0.15) is 17.9 Å². The molecule has 1 aliphatic rings. The maximum Gasteiger partial charge on any atom is 0.206 e. The van der Waals surface area contributed by atoms with E-state index in [-0.39, 0.29) is 15.5 Å². The number of hydrogen-bond acceptors (Lipinski definition) is 5. The Kier molecular flexibility index (Phi) is 4.51. The number of likely N-dealkylation sites (N-methyl/N-ethyl adjacent to an activating group) is 1. The Morgan fingerprint density at radius 3 is 2.38 bits per heavy atom. The minimum Gasteiger partial charge on any atom is -0.508 e. The largest absolute Gasteiger partial charge is 0.508 e. The number of phenolic OH excluding ortho intramolecular Hbond substituents is 1. The Balaban J connectivity index is 1.98. The van der Waals surface area contributed by atoms with Crippen LogP contribution >= 0.6 is 0 Å². The molecule has 2 aromatic carbocycles. The lowest BCUT2D eigenvalue weighted by Gasteiger charge is -2.16. The molecule has 128 valence electrons. The molecule has 0 saturated carbocycles. The number of methoxy groups -OCH3 is 1. The van der Waals surface area contributed by atoms with Crippen molar-refractivity contribution in [2.24, 2.45) is 0 Å². The third-order valence-corrected chi connectivity index (χ3v) is 6.26. The first-order valence-corrected chi connectivity index (χ1v) is 9.30. The molecule has 2 aromatic rings. The molecule has 3 rings (SSSR count). The van der Waals surface area contributed by atoms with E-state index >= 15 is 0 Å². The first-order chi connectivity index (χ1) is 11.4. The molecule has 1 saturated heterocycles. The van der Waals surface area contributed by atoms with E-state index in [9.17, 15) is 13.5 Å². The van der Waals surface area contributed by atoms with Gasteiger partial charge in [0, 0.05) is 12.5 Å². The molecule has 1 fully saturated rings. The zero-order chi connectivity index (χ0) is 17.3. The second-order valence-corrected chi connectivity index (χ2v) is 8.10. The highest BCUT2D eigenvalue weighted by atomic mass is 32.2. The minimum atomic E-state index is -3.64. The fourth-order valence-corrected chi connectivity index (χ4v) is 4.42. The van der Waals surface area contributed by atoms with E-state index in [1.54, 1.807) is 19.2 Å². The molecule has 1 atom stereocenters. The molecule has 1 aliphatic heterocycles. The van der Waals surface area contributed by atoms with Crippen molar-refractivity contribution in [2.45, 2.75) is 22.1 Å². The van der Waals surface area contributed by atoms with E-state index in [1.807, 2.05) is 6.07 Å². The van der Waals surface area contributed by atoms with Crippen molar-refractivity contribution in [3.05, 3.63) is 48.0 Å². The highest BCUT2D eigenvalue weighted by Crippen LogP contribution is 2.35. The molecule has 0 unspecified atom stereocenters. The molecule has 0 radical (unpaired) electrons. The van der Waals surface area contributed by atoms with Gasteiger partial charge in [-0.15, -0.1) is 0 Å². The smallest absolute Gasteiger partial charge is 0.206 e. The topological polar surface area (TPSA) is 66.8 Å². The van der Waals surface area contributed by atoms with Crippen LogP contribution in [0.15, 0.2) is 52.3 Å². The van der Waals surface area contributed by atoms with Crippen molar-refractivity contribution in [1.82, 2.24) is 4.90 Å². The number of phenols is 1. The van der Waals surface area contributed by atoms with Crippen LogP contribution in [0.2, 0.25) is 0 Å². The number of rotatable bonds is 4. The molecule has 0 aromatic heterocycles. The van der Waals surface area contributed by atoms with Crippen LogP contribution < -0.4 is 4.74 Å². The summed E-state index contributed by atoms with van der Waals surface area (Å²) < 4.78 is 31.0. The molecule has 0 aliphatic carbocycles. The monoisotopic (exact) mass is 347 g/mol. The van der Waals surface area contributed by atoms with Gasteiger partial charge in [-0.25, -0.2) is 8.42 Å². The second-order valence-electron chi connectivity index (χ2n) is 6.15. The van der Waals surface area contributed by atoms with Crippen molar-refractivity contribution in [1.29, 1.82) is 0 Å². The van der Waals surface area contributed by atoms with Gasteiger partial charge in [0.25, 0.3) is 0 Å². The maximum atomic E-state index is 12.8. The van der Waals surface area contributed by atoms with E-state index in [0.29, 0.717) is 11.7 Å². The molecule has 24 heavy (non-hydrogen) atoms. The number of benzene rings is 2. The fourth-order valence-electron chi connectivity index (χ4n) is 3.15. The van der Waals surface area contributed by atoms with E-state index < -0.39 is 9.84 Å². The van der Waals surface area contributed by atoms with Gasteiger partial charge in [0.15, 0.2) is 0 Å². The number of likely N-dealkylation sites (tertiary alicyclic amines) is 1. The van der Waals surface area contributed by atoms with E-state index in [4.69, 9.17) is 4.74 Å². The average molecular weight is 347 g/mol. The van der Waals surface area contributed by atoms with E-state index in [1.165, 1.54) is 24.3 Å². The van der Waals surface area contributed by atoms with Gasteiger partial charge in [-0.05, 0) is 62.0 Å². The molecule has 0 spiro atoms. The van der Waals surface area contributed by atoms with Crippen molar-refractivity contribution < 1.29 is 18.3 Å². The Morgan fingerprint density at radius 2 is 1.79 bits per heavy atom.